The molecule has 2 aliphatic rings. The number of rotatable bonds is 4. The Morgan fingerprint density at radius 3 is 2.74 bits per heavy atom. The second-order valence-corrected chi connectivity index (χ2v) is 7.66. The molecule has 2 aliphatic heterocycles. The van der Waals surface area contributed by atoms with Gasteiger partial charge in [0.2, 0.25) is 0 Å². The molecule has 0 aliphatic carbocycles. The van der Waals surface area contributed by atoms with Gasteiger partial charge in [0.05, 0.1) is 6.54 Å². The number of nitrogens with one attached hydrogen (secondary N) is 1. The van der Waals surface area contributed by atoms with E-state index in [0.29, 0.717) is 6.54 Å². The molecule has 5 nitrogen and oxygen atoms in total. The molecule has 1 N–H and O–H groups in total. The highest BCUT2D eigenvalue weighted by molar-refractivity contribution is 14.0. The summed E-state index contributed by atoms with van der Waals surface area (Å²) in [5.41, 5.74) is 2.18. The monoisotopic (exact) mass is 482 g/mol. The fourth-order valence-electron chi connectivity index (χ4n) is 4.39. The lowest BCUT2D eigenvalue weighted by Crippen LogP contribution is -2.40. The summed E-state index contributed by atoms with van der Waals surface area (Å²) in [4.78, 5) is 9.54. The molecule has 1 atom stereocenters. The number of benzene rings is 1. The summed E-state index contributed by atoms with van der Waals surface area (Å²) in [5, 5.41) is 4.71. The van der Waals surface area contributed by atoms with Gasteiger partial charge in [-0.25, -0.2) is 0 Å². The van der Waals surface area contributed by atoms with E-state index < -0.39 is 0 Å². The second kappa shape index (κ2) is 9.28. The largest absolute Gasteiger partial charge is 0.459 e. The molecule has 0 spiro atoms. The Balaban J connectivity index is 0.00000210. The number of hydrogen-bond acceptors (Lipinski definition) is 3. The first kappa shape index (κ1) is 20.5. The second-order valence-electron chi connectivity index (χ2n) is 7.66. The number of furan rings is 1. The average molecular weight is 482 g/mol. The Kier molecular flexibility index (Phi) is 7.03. The fourth-order valence-corrected chi connectivity index (χ4v) is 4.39. The average Bonchev–Trinajstić information content (AvgIpc) is 3.39. The summed E-state index contributed by atoms with van der Waals surface area (Å²) < 4.78 is 6.02. The molecule has 0 radical (unpaired) electrons. The number of fused-ring (bicyclic) bond motifs is 1. The lowest BCUT2D eigenvalue weighted by Gasteiger charge is -2.23. The molecule has 2 fully saturated rings. The highest BCUT2D eigenvalue weighted by Crippen LogP contribution is 2.25. The lowest BCUT2D eigenvalue weighted by atomic mass is 10.1. The molecule has 0 saturated carbocycles. The van der Waals surface area contributed by atoms with E-state index >= 15 is 0 Å². The molecule has 0 bridgehead atoms. The van der Waals surface area contributed by atoms with Crippen LogP contribution in [0.3, 0.4) is 0 Å². The van der Waals surface area contributed by atoms with Crippen LogP contribution < -0.4 is 5.32 Å². The Labute approximate surface area is 179 Å². The number of nitrogens with zero attached hydrogens (tertiary/aromatic N) is 3. The van der Waals surface area contributed by atoms with E-state index in [0.717, 1.165) is 36.3 Å². The maximum Gasteiger partial charge on any atom is 0.194 e. The van der Waals surface area contributed by atoms with Crippen LogP contribution in [0.5, 0.6) is 0 Å². The summed E-state index contributed by atoms with van der Waals surface area (Å²) >= 11 is 0. The minimum Gasteiger partial charge on any atom is -0.459 e. The third-order valence-electron chi connectivity index (χ3n) is 5.86. The van der Waals surface area contributed by atoms with E-state index in [4.69, 9.17) is 4.42 Å². The quantitative estimate of drug-likeness (QED) is 0.409. The first-order chi connectivity index (χ1) is 12.7. The van der Waals surface area contributed by atoms with Gasteiger partial charge < -0.3 is 19.5 Å². The Morgan fingerprint density at radius 1 is 1.22 bits per heavy atom. The molecule has 1 aromatic heterocycles. The highest BCUT2D eigenvalue weighted by Gasteiger charge is 2.27. The molecule has 27 heavy (non-hydrogen) atoms. The van der Waals surface area contributed by atoms with Crippen molar-refractivity contribution in [2.24, 2.45) is 10.9 Å². The summed E-state index contributed by atoms with van der Waals surface area (Å²) in [6.07, 6.45) is 4.01. The predicted octanol–water partition coefficient (Wildman–Crippen LogP) is 3.85. The Hall–Kier alpha value is -1.28. The van der Waals surface area contributed by atoms with Crippen molar-refractivity contribution in [1.29, 1.82) is 0 Å². The molecule has 1 unspecified atom stereocenters. The van der Waals surface area contributed by atoms with E-state index in [9.17, 15) is 0 Å². The van der Waals surface area contributed by atoms with E-state index in [1.165, 1.54) is 49.8 Å². The van der Waals surface area contributed by atoms with Crippen LogP contribution >= 0.6 is 24.0 Å². The molecule has 2 aromatic rings. The number of aryl methyl sites for hydroxylation is 1. The molecule has 148 valence electrons. The number of guanidine groups is 1. The van der Waals surface area contributed by atoms with Gasteiger partial charge in [-0.1, -0.05) is 18.2 Å². The first-order valence-electron chi connectivity index (χ1n) is 9.89. The fraction of sp³-hybridized carbons (Fsp3) is 0.571. The molecule has 2 saturated heterocycles. The third kappa shape index (κ3) is 4.59. The maximum atomic E-state index is 6.02. The van der Waals surface area contributed by atoms with Crippen molar-refractivity contribution in [3.63, 3.8) is 0 Å². The molecule has 1 aromatic carbocycles. The van der Waals surface area contributed by atoms with Crippen molar-refractivity contribution in [3.8, 4) is 0 Å². The van der Waals surface area contributed by atoms with Crippen molar-refractivity contribution in [2.45, 2.75) is 32.7 Å². The number of aliphatic imine (C=N–C) groups is 1. The van der Waals surface area contributed by atoms with E-state index in [1.54, 1.807) is 0 Å². The van der Waals surface area contributed by atoms with Crippen LogP contribution in [0.25, 0.3) is 11.0 Å². The van der Waals surface area contributed by atoms with E-state index in [2.05, 4.69) is 39.2 Å². The molecule has 0 amide bonds. The zero-order valence-corrected chi connectivity index (χ0v) is 18.7. The van der Waals surface area contributed by atoms with Gasteiger partial charge in [-0.15, -0.1) is 24.0 Å². The number of likely N-dealkylation sites (tertiary alicyclic amines) is 2. The van der Waals surface area contributed by atoms with Gasteiger partial charge in [0.1, 0.15) is 11.3 Å². The summed E-state index contributed by atoms with van der Waals surface area (Å²) in [7, 11) is 1.88. The third-order valence-corrected chi connectivity index (χ3v) is 5.86. The van der Waals surface area contributed by atoms with Gasteiger partial charge in [0.15, 0.2) is 5.96 Å². The van der Waals surface area contributed by atoms with Gasteiger partial charge >= 0.3 is 0 Å². The Bertz CT molecular complexity index is 782. The normalized spacial score (nSPS) is 21.0. The molecular formula is C21H31IN4O. The van der Waals surface area contributed by atoms with E-state index in [-0.39, 0.29) is 24.0 Å². The SMILES string of the molecule is CN=C(NCc1oc2ccccc2c1C)N1CCC(CN2CCCC2)C1.I. The number of para-hydroxylation sites is 1. The van der Waals surface area contributed by atoms with Crippen LogP contribution in [0, 0.1) is 12.8 Å². The van der Waals surface area contributed by atoms with Gasteiger partial charge in [-0.2, -0.15) is 0 Å². The van der Waals surface area contributed by atoms with Crippen LogP contribution in [-0.4, -0.2) is 55.5 Å². The van der Waals surface area contributed by atoms with Gasteiger partial charge in [-0.05, 0) is 51.3 Å². The first-order valence-corrected chi connectivity index (χ1v) is 9.89. The number of hydrogen-bond donors (Lipinski definition) is 1. The van der Waals surface area contributed by atoms with E-state index in [1.807, 2.05) is 19.2 Å². The number of halogens is 1. The predicted molar refractivity (Wildman–Crippen MR) is 122 cm³/mol. The lowest BCUT2D eigenvalue weighted by molar-refractivity contribution is 0.281. The summed E-state index contributed by atoms with van der Waals surface area (Å²) in [5.74, 6) is 2.76. The zero-order chi connectivity index (χ0) is 17.9. The highest BCUT2D eigenvalue weighted by atomic mass is 127. The van der Waals surface area contributed by atoms with Crippen LogP contribution in [0.15, 0.2) is 33.7 Å². The van der Waals surface area contributed by atoms with Crippen LogP contribution in [-0.2, 0) is 6.54 Å². The van der Waals surface area contributed by atoms with Gasteiger partial charge in [0, 0.05) is 37.6 Å². The zero-order valence-electron chi connectivity index (χ0n) is 16.4. The smallest absolute Gasteiger partial charge is 0.194 e. The van der Waals surface area contributed by atoms with Crippen molar-refractivity contribution in [3.05, 3.63) is 35.6 Å². The van der Waals surface area contributed by atoms with Crippen molar-refractivity contribution in [1.82, 2.24) is 15.1 Å². The molecular weight excluding hydrogens is 451 g/mol. The minimum absolute atomic E-state index is 0. The molecule has 6 heteroatoms. The van der Waals surface area contributed by atoms with Gasteiger partial charge in [-0.3, -0.25) is 4.99 Å². The van der Waals surface area contributed by atoms with Crippen LogP contribution in [0.2, 0.25) is 0 Å². The Morgan fingerprint density at radius 2 is 2.00 bits per heavy atom. The van der Waals surface area contributed by atoms with Crippen molar-refractivity contribution >= 4 is 40.9 Å². The standard InChI is InChI=1S/C21H30N4O.HI/c1-16-18-7-3-4-8-19(18)26-20(16)13-23-21(22-2)25-12-9-17(15-25)14-24-10-5-6-11-24;/h3-4,7-8,17H,5-6,9-15H2,1-2H3,(H,22,23);1H. The maximum absolute atomic E-state index is 6.02. The van der Waals surface area contributed by atoms with Crippen molar-refractivity contribution < 1.29 is 4.42 Å². The van der Waals surface area contributed by atoms with Gasteiger partial charge in [0.25, 0.3) is 0 Å². The summed E-state index contributed by atoms with van der Waals surface area (Å²) in [6, 6.07) is 8.23. The van der Waals surface area contributed by atoms with Crippen LogP contribution in [0.4, 0.5) is 0 Å². The van der Waals surface area contributed by atoms with Crippen molar-refractivity contribution in [2.75, 3.05) is 39.8 Å². The van der Waals surface area contributed by atoms with Crippen LogP contribution in [0.1, 0.15) is 30.6 Å². The topological polar surface area (TPSA) is 44.0 Å². The molecule has 3 heterocycles. The molecule has 4 rings (SSSR count). The summed E-state index contributed by atoms with van der Waals surface area (Å²) in [6.45, 7) is 8.83. The minimum atomic E-state index is 0.